The Labute approximate surface area is 109 Å². The fourth-order valence-electron chi connectivity index (χ4n) is 1.97. The smallest absolute Gasteiger partial charge is 0.159 e. The number of benzene rings is 1. The van der Waals surface area contributed by atoms with Gasteiger partial charge in [0.25, 0.3) is 0 Å². The Morgan fingerprint density at radius 3 is 2.67 bits per heavy atom. The van der Waals surface area contributed by atoms with Gasteiger partial charge < -0.3 is 10.0 Å². The van der Waals surface area contributed by atoms with E-state index in [0.29, 0.717) is 12.1 Å². The van der Waals surface area contributed by atoms with E-state index in [1.165, 1.54) is 0 Å². The predicted molar refractivity (Wildman–Crippen MR) is 76.1 cm³/mol. The molecule has 18 heavy (non-hydrogen) atoms. The molecule has 0 aromatic heterocycles. The second kappa shape index (κ2) is 6.97. The second-order valence-corrected chi connectivity index (χ2v) is 4.24. The number of hydrogen-bond acceptors (Lipinski definition) is 3. The number of hydrogen-bond donors (Lipinski definition) is 1. The van der Waals surface area contributed by atoms with Crippen LogP contribution in [0.4, 0.5) is 5.69 Å². The summed E-state index contributed by atoms with van der Waals surface area (Å²) in [5.74, 6) is 0.0499. The van der Waals surface area contributed by atoms with Crippen molar-refractivity contribution in [1.82, 2.24) is 0 Å². The predicted octanol–water partition coefficient (Wildman–Crippen LogP) is 2.74. The van der Waals surface area contributed by atoms with Crippen LogP contribution in [0.2, 0.25) is 0 Å². The van der Waals surface area contributed by atoms with Gasteiger partial charge in [-0.1, -0.05) is 19.6 Å². The number of ketones is 1. The molecule has 0 bridgehead atoms. The third kappa shape index (κ3) is 3.44. The van der Waals surface area contributed by atoms with Crippen molar-refractivity contribution in [2.24, 2.45) is 0 Å². The summed E-state index contributed by atoms with van der Waals surface area (Å²) < 4.78 is 0. The largest absolute Gasteiger partial charge is 0.395 e. The van der Waals surface area contributed by atoms with E-state index in [1.54, 1.807) is 13.0 Å². The van der Waals surface area contributed by atoms with Crippen LogP contribution in [0.3, 0.4) is 0 Å². The summed E-state index contributed by atoms with van der Waals surface area (Å²) in [4.78, 5) is 13.5. The number of rotatable bonds is 7. The monoisotopic (exact) mass is 247 g/mol. The zero-order chi connectivity index (χ0) is 13.5. The molecular formula is C15H21NO2. The SMILES string of the molecule is C=Cc1cc(C(C)=O)ccc1N(CCC)CCO. The highest BCUT2D eigenvalue weighted by Gasteiger charge is 2.10. The van der Waals surface area contributed by atoms with Gasteiger partial charge in [0.15, 0.2) is 5.78 Å². The highest BCUT2D eigenvalue weighted by Crippen LogP contribution is 2.23. The van der Waals surface area contributed by atoms with Gasteiger partial charge in [0.1, 0.15) is 0 Å². The molecule has 0 aliphatic carbocycles. The lowest BCUT2D eigenvalue weighted by Crippen LogP contribution is -2.28. The number of aliphatic hydroxyl groups is 1. The summed E-state index contributed by atoms with van der Waals surface area (Å²) in [7, 11) is 0. The summed E-state index contributed by atoms with van der Waals surface area (Å²) >= 11 is 0. The van der Waals surface area contributed by atoms with Crippen molar-refractivity contribution in [2.45, 2.75) is 20.3 Å². The third-order valence-electron chi connectivity index (χ3n) is 2.86. The number of carbonyl (C=O) groups excluding carboxylic acids is 1. The van der Waals surface area contributed by atoms with E-state index in [9.17, 15) is 4.79 Å². The molecule has 0 unspecified atom stereocenters. The van der Waals surface area contributed by atoms with Crippen LogP contribution in [0.5, 0.6) is 0 Å². The lowest BCUT2D eigenvalue weighted by atomic mass is 10.0. The molecule has 0 fully saturated rings. The molecule has 1 aromatic rings. The highest BCUT2D eigenvalue weighted by molar-refractivity contribution is 5.95. The summed E-state index contributed by atoms with van der Waals surface area (Å²) in [6, 6.07) is 5.61. The van der Waals surface area contributed by atoms with Gasteiger partial charge in [-0.15, -0.1) is 0 Å². The number of anilines is 1. The average Bonchev–Trinajstić information content (AvgIpc) is 2.37. The molecule has 3 nitrogen and oxygen atoms in total. The van der Waals surface area contributed by atoms with Crippen LogP contribution in [0, 0.1) is 0 Å². The first kappa shape index (κ1) is 14.5. The normalized spacial score (nSPS) is 10.2. The van der Waals surface area contributed by atoms with Crippen molar-refractivity contribution >= 4 is 17.5 Å². The first-order chi connectivity index (χ1) is 8.63. The van der Waals surface area contributed by atoms with E-state index in [2.05, 4.69) is 18.4 Å². The summed E-state index contributed by atoms with van der Waals surface area (Å²) in [5.41, 5.74) is 2.64. The van der Waals surface area contributed by atoms with E-state index < -0.39 is 0 Å². The van der Waals surface area contributed by atoms with Gasteiger partial charge in [-0.05, 0) is 37.1 Å². The topological polar surface area (TPSA) is 40.5 Å². The van der Waals surface area contributed by atoms with Crippen molar-refractivity contribution in [3.05, 3.63) is 35.9 Å². The molecule has 1 aromatic carbocycles. The Bertz CT molecular complexity index is 421. The van der Waals surface area contributed by atoms with Gasteiger partial charge in [-0.3, -0.25) is 4.79 Å². The molecule has 0 amide bonds. The first-order valence-corrected chi connectivity index (χ1v) is 6.27. The van der Waals surface area contributed by atoms with Gasteiger partial charge in [0, 0.05) is 24.3 Å². The maximum absolute atomic E-state index is 11.4. The van der Waals surface area contributed by atoms with Crippen LogP contribution in [0.15, 0.2) is 24.8 Å². The summed E-state index contributed by atoms with van der Waals surface area (Å²) in [6.07, 6.45) is 2.76. The number of Topliss-reactive ketones (excluding diaryl/α,β-unsaturated/α-hetero) is 1. The molecule has 1 N–H and O–H groups in total. The molecule has 3 heteroatoms. The standard InChI is InChI=1S/C15H21NO2/c1-4-8-16(9-10-17)15-7-6-14(12(3)18)11-13(15)5-2/h5-7,11,17H,2,4,8-10H2,1,3H3. The van der Waals surface area contributed by atoms with Gasteiger partial charge in [0.05, 0.1) is 6.61 Å². The zero-order valence-corrected chi connectivity index (χ0v) is 11.1. The minimum atomic E-state index is 0.0499. The average molecular weight is 247 g/mol. The van der Waals surface area contributed by atoms with Crippen LogP contribution < -0.4 is 4.90 Å². The van der Waals surface area contributed by atoms with Gasteiger partial charge in [-0.2, -0.15) is 0 Å². The van der Waals surface area contributed by atoms with Crippen LogP contribution in [-0.4, -0.2) is 30.6 Å². The Kier molecular flexibility index (Phi) is 5.59. The van der Waals surface area contributed by atoms with Crippen LogP contribution in [-0.2, 0) is 0 Å². The van der Waals surface area contributed by atoms with Crippen molar-refractivity contribution < 1.29 is 9.90 Å². The zero-order valence-electron chi connectivity index (χ0n) is 11.1. The first-order valence-electron chi connectivity index (χ1n) is 6.27. The molecule has 98 valence electrons. The van der Waals surface area contributed by atoms with Crippen molar-refractivity contribution in [3.63, 3.8) is 0 Å². The molecule has 0 aliphatic heterocycles. The minimum absolute atomic E-state index is 0.0499. The van der Waals surface area contributed by atoms with Crippen molar-refractivity contribution in [3.8, 4) is 0 Å². The lowest BCUT2D eigenvalue weighted by molar-refractivity contribution is 0.101. The van der Waals surface area contributed by atoms with Crippen LogP contribution in [0.1, 0.15) is 36.2 Å². The maximum atomic E-state index is 11.4. The van der Waals surface area contributed by atoms with Crippen molar-refractivity contribution in [2.75, 3.05) is 24.6 Å². The minimum Gasteiger partial charge on any atom is -0.395 e. The fraction of sp³-hybridized carbons (Fsp3) is 0.400. The van der Waals surface area contributed by atoms with Crippen LogP contribution >= 0.6 is 0 Å². The van der Waals surface area contributed by atoms with E-state index in [0.717, 1.165) is 24.2 Å². The van der Waals surface area contributed by atoms with Gasteiger partial charge in [0.2, 0.25) is 0 Å². The second-order valence-electron chi connectivity index (χ2n) is 4.24. The Morgan fingerprint density at radius 1 is 1.44 bits per heavy atom. The molecule has 0 saturated carbocycles. The fourth-order valence-corrected chi connectivity index (χ4v) is 1.97. The van der Waals surface area contributed by atoms with Crippen molar-refractivity contribution in [1.29, 1.82) is 0 Å². The maximum Gasteiger partial charge on any atom is 0.159 e. The molecule has 0 radical (unpaired) electrons. The molecule has 0 heterocycles. The molecule has 1 rings (SSSR count). The number of carbonyl (C=O) groups is 1. The Hall–Kier alpha value is -1.61. The quantitative estimate of drug-likeness (QED) is 0.753. The Morgan fingerprint density at radius 2 is 2.17 bits per heavy atom. The Balaban J connectivity index is 3.13. The molecular weight excluding hydrogens is 226 g/mol. The molecule has 0 saturated heterocycles. The summed E-state index contributed by atoms with van der Waals surface area (Å²) in [6.45, 7) is 9.03. The summed E-state index contributed by atoms with van der Waals surface area (Å²) in [5, 5.41) is 9.11. The highest BCUT2D eigenvalue weighted by atomic mass is 16.3. The third-order valence-corrected chi connectivity index (χ3v) is 2.86. The van der Waals surface area contributed by atoms with Crippen LogP contribution in [0.25, 0.3) is 6.08 Å². The number of aliphatic hydroxyl groups excluding tert-OH is 1. The van der Waals surface area contributed by atoms with E-state index in [-0.39, 0.29) is 12.4 Å². The van der Waals surface area contributed by atoms with E-state index >= 15 is 0 Å². The number of nitrogens with zero attached hydrogens (tertiary/aromatic N) is 1. The van der Waals surface area contributed by atoms with Gasteiger partial charge >= 0.3 is 0 Å². The lowest BCUT2D eigenvalue weighted by Gasteiger charge is -2.25. The van der Waals surface area contributed by atoms with E-state index in [4.69, 9.17) is 5.11 Å². The van der Waals surface area contributed by atoms with Gasteiger partial charge in [-0.25, -0.2) is 0 Å². The molecule has 0 aliphatic rings. The molecule has 0 atom stereocenters. The molecule has 0 spiro atoms. The van der Waals surface area contributed by atoms with E-state index in [1.807, 2.05) is 18.2 Å².